The lowest BCUT2D eigenvalue weighted by Gasteiger charge is -2.15. The number of unbranched alkanes of at least 4 members (excludes halogenated alkanes) is 19. The molecule has 0 fully saturated rings. The second kappa shape index (κ2) is 43.1. The predicted molar refractivity (Wildman–Crippen MR) is 240 cm³/mol. The van der Waals surface area contributed by atoms with Crippen LogP contribution in [-0.4, -0.2) is 59.3 Å². The molecule has 0 aliphatic heterocycles. The first-order valence-corrected chi connectivity index (χ1v) is 23.2. The van der Waals surface area contributed by atoms with Gasteiger partial charge in [-0.2, -0.15) is 0 Å². The van der Waals surface area contributed by atoms with Gasteiger partial charge in [0.05, 0.1) is 13.2 Å². The van der Waals surface area contributed by atoms with Crippen molar-refractivity contribution >= 4 is 23.8 Å². The van der Waals surface area contributed by atoms with E-state index in [9.17, 15) is 19.2 Å². The van der Waals surface area contributed by atoms with Crippen molar-refractivity contribution in [3.05, 3.63) is 60.8 Å². The number of hydrogen-bond acceptors (Lipinski definition) is 6. The number of aliphatic carboxylic acids is 1. The molecule has 0 spiro atoms. The Morgan fingerprint density at radius 3 is 1.57 bits per heavy atom. The van der Waals surface area contributed by atoms with Gasteiger partial charge in [-0.15, -0.1) is 0 Å². The third kappa shape index (κ3) is 39.4. The third-order valence-corrected chi connectivity index (χ3v) is 9.98. The summed E-state index contributed by atoms with van der Waals surface area (Å²) in [4.78, 5) is 47.6. The number of aliphatic hydroxyl groups excluding tert-OH is 1. The topological polar surface area (TPSA) is 142 Å². The molecule has 0 heterocycles. The first-order chi connectivity index (χ1) is 28.3. The van der Waals surface area contributed by atoms with Crippen molar-refractivity contribution in [3.8, 4) is 0 Å². The minimum absolute atomic E-state index is 0.122. The Hall–Kier alpha value is -3.46. The van der Waals surface area contributed by atoms with Gasteiger partial charge in [-0.05, 0) is 83.1 Å². The molecule has 332 valence electrons. The Balaban J connectivity index is 4.34. The van der Waals surface area contributed by atoms with Crippen molar-refractivity contribution in [3.63, 3.8) is 0 Å². The molecule has 58 heavy (non-hydrogen) atoms. The number of rotatable bonds is 41. The van der Waals surface area contributed by atoms with E-state index >= 15 is 0 Å². The summed E-state index contributed by atoms with van der Waals surface area (Å²) >= 11 is 0. The monoisotopic (exact) mass is 813 g/mol. The van der Waals surface area contributed by atoms with E-state index in [-0.39, 0.29) is 30.9 Å². The fourth-order valence-electron chi connectivity index (χ4n) is 6.44. The molecule has 0 aromatic heterocycles. The number of hydrogen-bond donors (Lipinski definition) is 4. The van der Waals surface area contributed by atoms with Crippen LogP contribution >= 0.6 is 0 Å². The summed E-state index contributed by atoms with van der Waals surface area (Å²) in [5.74, 6) is -2.40. The molecule has 2 unspecified atom stereocenters. The number of ether oxygens (including phenoxy) is 1. The summed E-state index contributed by atoms with van der Waals surface area (Å²) in [7, 11) is 0. The van der Waals surface area contributed by atoms with Gasteiger partial charge in [-0.1, -0.05) is 165 Å². The number of carboxylic acids is 1. The lowest BCUT2D eigenvalue weighted by Crippen LogP contribution is -2.47. The first kappa shape index (κ1) is 54.5. The lowest BCUT2D eigenvalue weighted by molar-refractivity contribution is -0.147. The highest BCUT2D eigenvalue weighted by Crippen LogP contribution is 2.16. The van der Waals surface area contributed by atoms with E-state index in [4.69, 9.17) is 14.9 Å². The number of esters is 1. The fourth-order valence-corrected chi connectivity index (χ4v) is 6.44. The van der Waals surface area contributed by atoms with Gasteiger partial charge in [0, 0.05) is 12.8 Å². The molecule has 9 nitrogen and oxygen atoms in total. The van der Waals surface area contributed by atoms with Gasteiger partial charge in [0.15, 0.2) is 0 Å². The molecule has 0 rings (SSSR count). The predicted octanol–water partition coefficient (Wildman–Crippen LogP) is 11.7. The van der Waals surface area contributed by atoms with E-state index in [0.717, 1.165) is 70.6 Å². The minimum atomic E-state index is -1.39. The molecule has 0 aliphatic rings. The molecule has 9 heteroatoms. The zero-order valence-corrected chi connectivity index (χ0v) is 36.8. The molecule has 4 N–H and O–H groups in total. The van der Waals surface area contributed by atoms with Gasteiger partial charge in [0.1, 0.15) is 12.1 Å². The van der Waals surface area contributed by atoms with Crippen molar-refractivity contribution in [1.29, 1.82) is 0 Å². The highest BCUT2D eigenvalue weighted by atomic mass is 16.5. The zero-order chi connectivity index (χ0) is 42.6. The van der Waals surface area contributed by atoms with Crippen LogP contribution in [-0.2, 0) is 23.9 Å². The van der Waals surface area contributed by atoms with Gasteiger partial charge < -0.3 is 25.6 Å². The second-order valence-electron chi connectivity index (χ2n) is 15.5. The van der Waals surface area contributed by atoms with Crippen LogP contribution in [0.1, 0.15) is 200 Å². The number of carbonyl (C=O) groups excluding carboxylic acids is 3. The van der Waals surface area contributed by atoms with Crippen LogP contribution in [0.5, 0.6) is 0 Å². The molecule has 0 bridgehead atoms. The number of allylic oxidation sites excluding steroid dienone is 9. The maximum atomic E-state index is 12.8. The van der Waals surface area contributed by atoms with Crippen LogP contribution in [0, 0.1) is 0 Å². The van der Waals surface area contributed by atoms with E-state index < -0.39 is 24.5 Å². The number of carbonyl (C=O) groups is 4. The highest BCUT2D eigenvalue weighted by Gasteiger charge is 2.18. The van der Waals surface area contributed by atoms with Crippen molar-refractivity contribution in [2.45, 2.75) is 212 Å². The first-order valence-electron chi connectivity index (χ1n) is 23.2. The van der Waals surface area contributed by atoms with E-state index in [1.807, 2.05) is 6.08 Å². The van der Waals surface area contributed by atoms with Crippen molar-refractivity contribution in [2.24, 2.45) is 0 Å². The van der Waals surface area contributed by atoms with Crippen LogP contribution in [0.3, 0.4) is 0 Å². The quantitative estimate of drug-likeness (QED) is 0.0273. The van der Waals surface area contributed by atoms with Crippen LogP contribution in [0.2, 0.25) is 0 Å². The summed E-state index contributed by atoms with van der Waals surface area (Å²) in [6.45, 7) is 3.35. The Bertz CT molecular complexity index is 1160. The number of aliphatic hydroxyl groups is 1. The average molecular weight is 813 g/mol. The molecule has 0 saturated heterocycles. The molecule has 2 atom stereocenters. The SMILES string of the molecule is CC/C=C\C/C=C\C/C=C\C/C=C\C(CCCCCCCC(=O)NCC(=O)NC(CO)C(=O)O)OC(=O)CCCCCCCCCCC/C=C\CCCCCCCC. The summed E-state index contributed by atoms with van der Waals surface area (Å²) in [6, 6.07) is -1.39. The molecule has 2 amide bonds. The van der Waals surface area contributed by atoms with Crippen molar-refractivity contribution in [1.82, 2.24) is 10.6 Å². The molecule has 0 saturated carbocycles. The Morgan fingerprint density at radius 2 is 1.03 bits per heavy atom. The van der Waals surface area contributed by atoms with Crippen molar-refractivity contribution in [2.75, 3.05) is 13.2 Å². The Kier molecular flexibility index (Phi) is 40.6. The maximum absolute atomic E-state index is 12.8. The maximum Gasteiger partial charge on any atom is 0.328 e. The van der Waals surface area contributed by atoms with Crippen molar-refractivity contribution < 1.29 is 34.1 Å². The van der Waals surface area contributed by atoms with E-state index in [1.165, 1.54) is 96.3 Å². The summed E-state index contributed by atoms with van der Waals surface area (Å²) in [5, 5.41) is 22.5. The number of amides is 2. The van der Waals surface area contributed by atoms with Crippen LogP contribution in [0.25, 0.3) is 0 Å². The van der Waals surface area contributed by atoms with Gasteiger partial charge >= 0.3 is 11.9 Å². The fraction of sp³-hybridized carbons (Fsp3) is 0.714. The normalized spacial score (nSPS) is 13.0. The van der Waals surface area contributed by atoms with E-state index in [0.29, 0.717) is 12.8 Å². The zero-order valence-electron chi connectivity index (χ0n) is 36.8. The molecular weight excluding hydrogens is 729 g/mol. The smallest absolute Gasteiger partial charge is 0.328 e. The Morgan fingerprint density at radius 1 is 0.552 bits per heavy atom. The van der Waals surface area contributed by atoms with Gasteiger partial charge in [-0.25, -0.2) is 4.79 Å². The van der Waals surface area contributed by atoms with Crippen LogP contribution in [0.15, 0.2) is 60.8 Å². The average Bonchev–Trinajstić information content (AvgIpc) is 3.21. The Labute approximate surface area is 353 Å². The highest BCUT2D eigenvalue weighted by molar-refractivity contribution is 5.87. The second-order valence-corrected chi connectivity index (χ2v) is 15.5. The summed E-state index contributed by atoms with van der Waals surface area (Å²) < 4.78 is 5.92. The number of carboxylic acid groups (broad SMARTS) is 1. The summed E-state index contributed by atoms with van der Waals surface area (Å²) in [5.41, 5.74) is 0. The van der Waals surface area contributed by atoms with E-state index in [1.54, 1.807) is 0 Å². The van der Waals surface area contributed by atoms with Gasteiger partial charge in [-0.3, -0.25) is 14.4 Å². The standard InChI is InChI=1S/C49H84N2O7/c1-3-5-7-9-11-13-15-16-17-18-19-20-21-22-24-26-28-33-37-41-48(55)58-44(38-34-30-27-25-23-14-12-10-8-6-4-2)39-35-31-29-32-36-40-46(53)50-42-47(54)51-45(43-52)49(56)57/h6,8,12,14,16-17,25,27,34,38,44-45,52H,3-5,7,9-11,13,15,18-24,26,28-33,35-37,39-43H2,1-2H3,(H,50,53)(H,51,54)(H,56,57)/b8-6-,14-12-,17-16-,27-25-,38-34-. The minimum Gasteiger partial charge on any atom is -0.480 e. The molecule has 0 radical (unpaired) electrons. The molecular formula is C49H84N2O7. The molecule has 0 aromatic carbocycles. The summed E-state index contributed by atoms with van der Waals surface area (Å²) in [6.07, 6.45) is 52.7. The largest absolute Gasteiger partial charge is 0.480 e. The van der Waals surface area contributed by atoms with Crippen LogP contribution in [0.4, 0.5) is 0 Å². The van der Waals surface area contributed by atoms with Gasteiger partial charge in [0.25, 0.3) is 0 Å². The molecule has 0 aromatic rings. The lowest BCUT2D eigenvalue weighted by atomic mass is 10.0. The van der Waals surface area contributed by atoms with Crippen LogP contribution < -0.4 is 10.6 Å². The third-order valence-electron chi connectivity index (χ3n) is 9.98. The molecule has 0 aliphatic carbocycles. The van der Waals surface area contributed by atoms with Gasteiger partial charge in [0.2, 0.25) is 11.8 Å². The van der Waals surface area contributed by atoms with E-state index in [2.05, 4.69) is 79.2 Å². The number of nitrogens with one attached hydrogen (secondary N) is 2.